The van der Waals surface area contributed by atoms with Crippen LogP contribution in [0.1, 0.15) is 26.2 Å². The molecular weight excluding hydrogens is 390 g/mol. The van der Waals surface area contributed by atoms with Crippen molar-refractivity contribution in [3.63, 3.8) is 0 Å². The van der Waals surface area contributed by atoms with Gasteiger partial charge in [-0.15, -0.1) is 5.10 Å². The zero-order valence-electron chi connectivity index (χ0n) is 17.8. The van der Waals surface area contributed by atoms with Gasteiger partial charge < -0.3 is 15.0 Å². The van der Waals surface area contributed by atoms with Gasteiger partial charge in [-0.2, -0.15) is 5.10 Å². The lowest BCUT2D eigenvalue weighted by Crippen LogP contribution is -2.44. The number of nitrogens with zero attached hydrogens (tertiary/aromatic N) is 5. The van der Waals surface area contributed by atoms with E-state index in [2.05, 4.69) is 43.7 Å². The molecule has 0 bridgehead atoms. The van der Waals surface area contributed by atoms with E-state index in [1.165, 1.54) is 19.3 Å². The minimum absolute atomic E-state index is 0.418. The second-order valence-corrected chi connectivity index (χ2v) is 8.80. The van der Waals surface area contributed by atoms with E-state index < -0.39 is 0 Å². The van der Waals surface area contributed by atoms with Crippen molar-refractivity contribution in [1.29, 1.82) is 0 Å². The number of rotatable bonds is 4. The van der Waals surface area contributed by atoms with Gasteiger partial charge in [0.25, 0.3) is 0 Å². The van der Waals surface area contributed by atoms with Gasteiger partial charge >= 0.3 is 0 Å². The Hall–Kier alpha value is -3.13. The minimum Gasteiger partial charge on any atom is -0.492 e. The Bertz CT molecular complexity index is 1220. The summed E-state index contributed by atoms with van der Waals surface area (Å²) in [5, 5.41) is 16.3. The number of nitrogens with one attached hydrogen (secondary N) is 2. The van der Waals surface area contributed by atoms with Crippen LogP contribution in [0.3, 0.4) is 0 Å². The highest BCUT2D eigenvalue weighted by atomic mass is 16.5. The van der Waals surface area contributed by atoms with Crippen molar-refractivity contribution >= 4 is 22.4 Å². The van der Waals surface area contributed by atoms with E-state index in [9.17, 15) is 0 Å². The summed E-state index contributed by atoms with van der Waals surface area (Å²) in [6.45, 7) is 7.04. The van der Waals surface area contributed by atoms with Crippen LogP contribution in [-0.2, 0) is 0 Å². The van der Waals surface area contributed by atoms with Gasteiger partial charge in [-0.3, -0.25) is 5.10 Å². The lowest BCUT2D eigenvalue weighted by atomic mass is 9.79. The van der Waals surface area contributed by atoms with E-state index in [1.807, 2.05) is 30.0 Å². The molecule has 1 spiro atoms. The van der Waals surface area contributed by atoms with E-state index in [4.69, 9.17) is 9.72 Å². The molecule has 2 saturated heterocycles. The third-order valence-corrected chi connectivity index (χ3v) is 6.79. The molecule has 1 unspecified atom stereocenters. The summed E-state index contributed by atoms with van der Waals surface area (Å²) in [5.41, 5.74) is 4.29. The van der Waals surface area contributed by atoms with Crippen LogP contribution in [0.2, 0.25) is 0 Å². The van der Waals surface area contributed by atoms with Gasteiger partial charge in [-0.05, 0) is 50.9 Å². The van der Waals surface area contributed by atoms with E-state index >= 15 is 0 Å². The Labute approximate surface area is 180 Å². The summed E-state index contributed by atoms with van der Waals surface area (Å²) in [6, 6.07) is 6.40. The van der Waals surface area contributed by atoms with Crippen LogP contribution < -0.4 is 15.0 Å². The minimum atomic E-state index is 0.418. The van der Waals surface area contributed by atoms with Crippen molar-refractivity contribution in [3.05, 3.63) is 36.8 Å². The number of hydrogen-bond donors (Lipinski definition) is 2. The second-order valence-electron chi connectivity index (χ2n) is 8.80. The molecule has 2 aliphatic heterocycles. The molecule has 8 nitrogen and oxygen atoms in total. The first-order valence-corrected chi connectivity index (χ1v) is 11.2. The Balaban J connectivity index is 1.38. The highest BCUT2D eigenvalue weighted by Crippen LogP contribution is 2.38. The lowest BCUT2D eigenvalue weighted by molar-refractivity contribution is 0.260. The standard InChI is InChI=1S/C23H27N7O/c1-2-31-17-10-18(21-19-12-26-27-22(19)28-30(21)13-17)16-4-5-20(25-11-16)29-9-3-6-23(15-29)7-8-24-14-23/h4-5,10-13,24H,2-3,6-9,14-15H2,1H3,(H,27,28). The number of hydrogen-bond acceptors (Lipinski definition) is 6. The normalized spacial score (nSPS) is 21.5. The molecule has 31 heavy (non-hydrogen) atoms. The number of fused-ring (bicyclic) bond motifs is 3. The molecule has 4 aromatic heterocycles. The quantitative estimate of drug-likeness (QED) is 0.530. The summed E-state index contributed by atoms with van der Waals surface area (Å²) in [5.74, 6) is 1.85. The van der Waals surface area contributed by atoms with Crippen LogP contribution in [0.4, 0.5) is 5.82 Å². The smallest absolute Gasteiger partial charge is 0.178 e. The number of aromatic nitrogens is 5. The molecule has 0 radical (unpaired) electrons. The monoisotopic (exact) mass is 417 g/mol. The molecule has 2 aliphatic rings. The van der Waals surface area contributed by atoms with Crippen LogP contribution in [0.25, 0.3) is 27.7 Å². The number of H-pyrrole nitrogens is 1. The average Bonchev–Trinajstić information content (AvgIpc) is 3.50. The molecule has 0 amide bonds. The fourth-order valence-electron chi connectivity index (χ4n) is 5.29. The SMILES string of the molecule is CCOc1cc(-c2ccc(N3CCCC4(CCNC4)C3)nc2)c2c3cn[nH]c3nn2c1. The number of anilines is 1. The second kappa shape index (κ2) is 7.23. The maximum atomic E-state index is 5.80. The van der Waals surface area contributed by atoms with Crippen LogP contribution in [0.15, 0.2) is 36.8 Å². The maximum absolute atomic E-state index is 5.80. The van der Waals surface area contributed by atoms with Crippen molar-refractivity contribution in [2.24, 2.45) is 5.41 Å². The van der Waals surface area contributed by atoms with Gasteiger partial charge in [-0.1, -0.05) is 0 Å². The Morgan fingerprint density at radius 3 is 3.00 bits per heavy atom. The summed E-state index contributed by atoms with van der Waals surface area (Å²) in [4.78, 5) is 7.34. The highest BCUT2D eigenvalue weighted by molar-refractivity contribution is 6.00. The summed E-state index contributed by atoms with van der Waals surface area (Å²) < 4.78 is 7.67. The Morgan fingerprint density at radius 2 is 2.19 bits per heavy atom. The number of aromatic amines is 1. The molecular formula is C23H27N7O. The first-order chi connectivity index (χ1) is 15.2. The highest BCUT2D eigenvalue weighted by Gasteiger charge is 2.38. The van der Waals surface area contributed by atoms with Crippen molar-refractivity contribution in [2.45, 2.75) is 26.2 Å². The van der Waals surface area contributed by atoms with E-state index in [1.54, 1.807) is 0 Å². The van der Waals surface area contributed by atoms with Crippen LogP contribution in [0, 0.1) is 5.41 Å². The molecule has 1 atom stereocenters. The van der Waals surface area contributed by atoms with Crippen LogP contribution in [0.5, 0.6) is 5.75 Å². The van der Waals surface area contributed by atoms with E-state index in [0.717, 1.165) is 65.4 Å². The van der Waals surface area contributed by atoms with Gasteiger partial charge in [0.1, 0.15) is 11.6 Å². The Morgan fingerprint density at radius 1 is 1.23 bits per heavy atom. The van der Waals surface area contributed by atoms with Crippen molar-refractivity contribution in [3.8, 4) is 16.9 Å². The van der Waals surface area contributed by atoms with Gasteiger partial charge in [0.2, 0.25) is 0 Å². The molecule has 2 N–H and O–H groups in total. The molecule has 6 rings (SSSR count). The van der Waals surface area contributed by atoms with Crippen LogP contribution in [-0.4, -0.2) is 57.6 Å². The van der Waals surface area contributed by atoms with Crippen molar-refractivity contribution in [1.82, 2.24) is 30.1 Å². The first-order valence-electron chi connectivity index (χ1n) is 11.2. The molecule has 2 fully saturated rings. The van der Waals surface area contributed by atoms with Gasteiger partial charge in [-0.25, -0.2) is 9.50 Å². The largest absolute Gasteiger partial charge is 0.492 e. The predicted molar refractivity (Wildman–Crippen MR) is 121 cm³/mol. The molecule has 0 aliphatic carbocycles. The first kappa shape index (κ1) is 18.6. The fourth-order valence-corrected chi connectivity index (χ4v) is 5.29. The summed E-state index contributed by atoms with van der Waals surface area (Å²) in [7, 11) is 0. The fraction of sp³-hybridized carbons (Fsp3) is 0.435. The number of ether oxygens (including phenoxy) is 1. The van der Waals surface area contributed by atoms with Crippen LogP contribution >= 0.6 is 0 Å². The van der Waals surface area contributed by atoms with E-state index in [0.29, 0.717) is 12.0 Å². The zero-order valence-corrected chi connectivity index (χ0v) is 17.8. The third kappa shape index (κ3) is 3.13. The molecule has 4 aromatic rings. The van der Waals surface area contributed by atoms with Crippen molar-refractivity contribution in [2.75, 3.05) is 37.7 Å². The Kier molecular flexibility index (Phi) is 4.34. The topological polar surface area (TPSA) is 83.4 Å². The molecule has 160 valence electrons. The molecule has 0 saturated carbocycles. The summed E-state index contributed by atoms with van der Waals surface area (Å²) in [6.07, 6.45) is 9.54. The molecule has 0 aromatic carbocycles. The maximum Gasteiger partial charge on any atom is 0.178 e. The van der Waals surface area contributed by atoms with Gasteiger partial charge in [0.05, 0.1) is 29.9 Å². The lowest BCUT2D eigenvalue weighted by Gasteiger charge is -2.40. The average molecular weight is 418 g/mol. The predicted octanol–water partition coefficient (Wildman–Crippen LogP) is 3.25. The molecule has 8 heteroatoms. The molecule has 6 heterocycles. The number of pyridine rings is 2. The van der Waals surface area contributed by atoms with Gasteiger partial charge in [0, 0.05) is 42.4 Å². The zero-order chi connectivity index (χ0) is 20.8. The summed E-state index contributed by atoms with van der Waals surface area (Å²) >= 11 is 0. The number of piperidine rings is 1. The van der Waals surface area contributed by atoms with Crippen molar-refractivity contribution < 1.29 is 4.74 Å². The van der Waals surface area contributed by atoms with Gasteiger partial charge in [0.15, 0.2) is 5.65 Å². The third-order valence-electron chi connectivity index (χ3n) is 6.79. The van der Waals surface area contributed by atoms with E-state index in [-0.39, 0.29) is 0 Å².